The molecule has 5 aliphatic carbocycles. The van der Waals surface area contributed by atoms with Gasteiger partial charge in [-0.1, -0.05) is 47.6 Å². The van der Waals surface area contributed by atoms with E-state index in [4.69, 9.17) is 0 Å². The summed E-state index contributed by atoms with van der Waals surface area (Å²) >= 11 is 0. The molecule has 6 atom stereocenters. The summed E-state index contributed by atoms with van der Waals surface area (Å²) in [6.45, 7) is 0.354. The van der Waals surface area contributed by atoms with Crippen LogP contribution in [-0.2, 0) is 0 Å². The van der Waals surface area contributed by atoms with Crippen molar-refractivity contribution in [2.45, 2.75) is 38.5 Å². The highest BCUT2D eigenvalue weighted by atomic mass is 16.3. The number of fused-ring (bicyclic) bond motifs is 5. The molecule has 1 nitrogen and oxygen atoms in total. The lowest BCUT2D eigenvalue weighted by molar-refractivity contribution is 0.0527. The molecular formula is C21H26O. The van der Waals surface area contributed by atoms with Gasteiger partial charge in [0, 0.05) is 5.41 Å². The van der Waals surface area contributed by atoms with Gasteiger partial charge in [0.2, 0.25) is 0 Å². The summed E-state index contributed by atoms with van der Waals surface area (Å²) in [4.78, 5) is 0. The molecule has 0 amide bonds. The Kier molecular flexibility index (Phi) is 2.86. The van der Waals surface area contributed by atoms with E-state index in [1.165, 1.54) is 31.3 Å². The van der Waals surface area contributed by atoms with Crippen molar-refractivity contribution in [3.8, 4) is 0 Å². The van der Waals surface area contributed by atoms with Crippen LogP contribution in [0.2, 0.25) is 0 Å². The van der Waals surface area contributed by atoms with Crippen molar-refractivity contribution in [2.24, 2.45) is 35.0 Å². The van der Waals surface area contributed by atoms with E-state index >= 15 is 0 Å². The Morgan fingerprint density at radius 2 is 1.82 bits per heavy atom. The van der Waals surface area contributed by atoms with E-state index in [1.54, 1.807) is 5.57 Å². The maximum atomic E-state index is 10.7. The molecule has 0 aromatic heterocycles. The van der Waals surface area contributed by atoms with Crippen molar-refractivity contribution in [3.63, 3.8) is 0 Å². The predicted molar refractivity (Wildman–Crippen MR) is 89.1 cm³/mol. The van der Waals surface area contributed by atoms with E-state index in [1.807, 2.05) is 0 Å². The van der Waals surface area contributed by atoms with Crippen LogP contribution >= 0.6 is 0 Å². The Bertz CT molecular complexity index is 607. The first kappa shape index (κ1) is 13.4. The van der Waals surface area contributed by atoms with Crippen LogP contribution in [0, 0.1) is 35.0 Å². The lowest BCUT2D eigenvalue weighted by atomic mass is 9.61. The number of allylic oxidation sites excluding steroid dienone is 7. The molecule has 5 rings (SSSR count). The SMILES string of the molecule is OCC1(C2=CC=CC2)C(C2=CC=CC2)CC2C3CCC(C3)C21. The molecule has 0 heterocycles. The molecule has 1 heteroatoms. The zero-order chi connectivity index (χ0) is 14.7. The highest BCUT2D eigenvalue weighted by Gasteiger charge is 2.64. The lowest BCUT2D eigenvalue weighted by Crippen LogP contribution is -2.41. The standard InChI is InChI=1S/C21H26O/c22-13-21(17-7-3-4-8-17)19(14-5-1-2-6-14)12-18-15-9-10-16(11-15)20(18)21/h1-5,7,15-16,18-20,22H,6,8-13H2. The highest BCUT2D eigenvalue weighted by molar-refractivity contribution is 5.39. The van der Waals surface area contributed by atoms with Gasteiger partial charge in [0.1, 0.15) is 0 Å². The van der Waals surface area contributed by atoms with Crippen LogP contribution in [-0.4, -0.2) is 11.7 Å². The first-order chi connectivity index (χ1) is 10.8. The summed E-state index contributed by atoms with van der Waals surface area (Å²) < 4.78 is 0. The number of aliphatic hydroxyl groups excluding tert-OH is 1. The number of rotatable bonds is 3. The summed E-state index contributed by atoms with van der Waals surface area (Å²) in [5.74, 6) is 4.03. The van der Waals surface area contributed by atoms with Gasteiger partial charge in [-0.05, 0) is 68.1 Å². The minimum atomic E-state index is 0.0475. The van der Waals surface area contributed by atoms with Crippen molar-refractivity contribution >= 4 is 0 Å². The minimum Gasteiger partial charge on any atom is -0.395 e. The molecule has 3 fully saturated rings. The zero-order valence-corrected chi connectivity index (χ0v) is 13.2. The second-order valence-corrected chi connectivity index (χ2v) is 8.21. The molecule has 0 spiro atoms. The molecule has 0 aliphatic heterocycles. The van der Waals surface area contributed by atoms with Gasteiger partial charge in [0.25, 0.3) is 0 Å². The molecule has 0 radical (unpaired) electrons. The molecule has 0 aromatic rings. The second kappa shape index (κ2) is 4.71. The Hall–Kier alpha value is -1.08. The first-order valence-corrected chi connectivity index (χ1v) is 9.17. The van der Waals surface area contributed by atoms with E-state index in [0.717, 1.165) is 36.5 Å². The largest absolute Gasteiger partial charge is 0.395 e. The monoisotopic (exact) mass is 294 g/mol. The van der Waals surface area contributed by atoms with Gasteiger partial charge >= 0.3 is 0 Å². The average Bonchev–Trinajstić information content (AvgIpc) is 3.34. The van der Waals surface area contributed by atoms with Gasteiger partial charge in [0.15, 0.2) is 0 Å². The quantitative estimate of drug-likeness (QED) is 0.817. The van der Waals surface area contributed by atoms with Crippen molar-refractivity contribution in [3.05, 3.63) is 47.6 Å². The van der Waals surface area contributed by atoms with Crippen LogP contribution in [0.25, 0.3) is 0 Å². The maximum absolute atomic E-state index is 10.7. The molecule has 3 saturated carbocycles. The first-order valence-electron chi connectivity index (χ1n) is 9.17. The van der Waals surface area contributed by atoms with E-state index in [9.17, 15) is 5.11 Å². The van der Waals surface area contributed by atoms with E-state index in [-0.39, 0.29) is 5.41 Å². The lowest BCUT2D eigenvalue weighted by Gasteiger charge is -2.44. The van der Waals surface area contributed by atoms with E-state index in [0.29, 0.717) is 12.5 Å². The molecule has 22 heavy (non-hydrogen) atoms. The maximum Gasteiger partial charge on any atom is 0.0533 e. The third-order valence-corrected chi connectivity index (χ3v) is 7.69. The van der Waals surface area contributed by atoms with Crippen molar-refractivity contribution < 1.29 is 5.11 Å². The smallest absolute Gasteiger partial charge is 0.0533 e. The summed E-state index contributed by atoms with van der Waals surface area (Å²) in [7, 11) is 0. The second-order valence-electron chi connectivity index (χ2n) is 8.21. The molecule has 116 valence electrons. The van der Waals surface area contributed by atoms with Crippen LogP contribution < -0.4 is 0 Å². The van der Waals surface area contributed by atoms with Crippen molar-refractivity contribution in [1.82, 2.24) is 0 Å². The number of hydrogen-bond acceptors (Lipinski definition) is 1. The Morgan fingerprint density at radius 3 is 2.55 bits per heavy atom. The van der Waals surface area contributed by atoms with Gasteiger partial charge in [-0.2, -0.15) is 0 Å². The van der Waals surface area contributed by atoms with Gasteiger partial charge in [0.05, 0.1) is 6.61 Å². The molecule has 5 aliphatic rings. The minimum absolute atomic E-state index is 0.0475. The van der Waals surface area contributed by atoms with Crippen LogP contribution in [0.3, 0.4) is 0 Å². The van der Waals surface area contributed by atoms with Crippen molar-refractivity contribution in [2.75, 3.05) is 6.61 Å². The van der Waals surface area contributed by atoms with E-state index < -0.39 is 0 Å². The molecule has 0 aromatic carbocycles. The molecule has 2 bridgehead atoms. The molecule has 6 unspecified atom stereocenters. The van der Waals surface area contributed by atoms with Crippen LogP contribution in [0.1, 0.15) is 38.5 Å². The third kappa shape index (κ3) is 1.53. The predicted octanol–water partition coefficient (Wildman–Crippen LogP) is 4.42. The normalized spacial score (nSPS) is 48.1. The number of hydrogen-bond donors (Lipinski definition) is 1. The van der Waals surface area contributed by atoms with E-state index in [2.05, 4.69) is 36.5 Å². The van der Waals surface area contributed by atoms with Crippen LogP contribution in [0.4, 0.5) is 0 Å². The average molecular weight is 294 g/mol. The van der Waals surface area contributed by atoms with Crippen LogP contribution in [0.15, 0.2) is 47.6 Å². The third-order valence-electron chi connectivity index (χ3n) is 7.69. The Labute approximate surface area is 133 Å². The Balaban J connectivity index is 1.62. The highest BCUT2D eigenvalue weighted by Crippen LogP contribution is 2.70. The van der Waals surface area contributed by atoms with Gasteiger partial charge in [-0.15, -0.1) is 0 Å². The van der Waals surface area contributed by atoms with Crippen LogP contribution in [0.5, 0.6) is 0 Å². The van der Waals surface area contributed by atoms with Crippen molar-refractivity contribution in [1.29, 1.82) is 0 Å². The number of aliphatic hydroxyl groups is 1. The fourth-order valence-corrected chi connectivity index (χ4v) is 7.02. The van der Waals surface area contributed by atoms with Gasteiger partial charge < -0.3 is 5.11 Å². The summed E-state index contributed by atoms with van der Waals surface area (Å²) in [5.41, 5.74) is 3.18. The summed E-state index contributed by atoms with van der Waals surface area (Å²) in [5, 5.41) is 10.7. The Morgan fingerprint density at radius 1 is 1.00 bits per heavy atom. The fourth-order valence-electron chi connectivity index (χ4n) is 7.02. The van der Waals surface area contributed by atoms with Gasteiger partial charge in [-0.25, -0.2) is 0 Å². The molecule has 1 N–H and O–H groups in total. The molecular weight excluding hydrogens is 268 g/mol. The topological polar surface area (TPSA) is 20.2 Å². The van der Waals surface area contributed by atoms with Gasteiger partial charge in [-0.3, -0.25) is 0 Å². The fraction of sp³-hybridized carbons (Fsp3) is 0.619. The zero-order valence-electron chi connectivity index (χ0n) is 13.2. The summed E-state index contributed by atoms with van der Waals surface area (Å²) in [6.07, 6.45) is 21.5. The molecule has 0 saturated heterocycles. The summed E-state index contributed by atoms with van der Waals surface area (Å²) in [6, 6.07) is 0.